The van der Waals surface area contributed by atoms with Crippen molar-refractivity contribution in [1.82, 2.24) is 25.4 Å². The number of alkyl halides is 3. The van der Waals surface area contributed by atoms with E-state index >= 15 is 0 Å². The highest BCUT2D eigenvalue weighted by atomic mass is 127. The standard InChI is InChI=1S/C18H23F3N6.HI/c1-3-8-22-17(23-9-10-27-13-25-26-16(27)4-2)24-12-14-6-5-7-15(11-14)18(19,20)21;/h3,5-7,11,13H,1,4,8-10,12H2,2H3,(H2,22,23,24);1H. The van der Waals surface area contributed by atoms with Gasteiger partial charge in [0.15, 0.2) is 5.96 Å². The Morgan fingerprint density at radius 1 is 1.32 bits per heavy atom. The number of nitrogens with one attached hydrogen (secondary N) is 2. The highest BCUT2D eigenvalue weighted by Gasteiger charge is 2.30. The third kappa shape index (κ3) is 7.49. The third-order valence-corrected chi connectivity index (χ3v) is 3.75. The Morgan fingerprint density at radius 3 is 2.79 bits per heavy atom. The Bertz CT molecular complexity index is 773. The van der Waals surface area contributed by atoms with E-state index in [2.05, 4.69) is 32.4 Å². The van der Waals surface area contributed by atoms with Crippen LogP contribution >= 0.6 is 24.0 Å². The first kappa shape index (κ1) is 23.9. The van der Waals surface area contributed by atoms with E-state index in [1.165, 1.54) is 6.07 Å². The molecule has 0 radical (unpaired) electrons. The van der Waals surface area contributed by atoms with Crippen LogP contribution in [0, 0.1) is 0 Å². The largest absolute Gasteiger partial charge is 0.416 e. The van der Waals surface area contributed by atoms with E-state index in [0.29, 0.717) is 31.2 Å². The Hall–Kier alpha value is -2.11. The number of benzene rings is 1. The fraction of sp³-hybridized carbons (Fsp3) is 0.389. The van der Waals surface area contributed by atoms with Gasteiger partial charge in [0.05, 0.1) is 12.1 Å². The summed E-state index contributed by atoms with van der Waals surface area (Å²) in [5.41, 5.74) is -0.194. The lowest BCUT2D eigenvalue weighted by atomic mass is 10.1. The normalized spacial score (nSPS) is 11.6. The molecule has 0 bridgehead atoms. The maximum absolute atomic E-state index is 12.8. The molecule has 1 aromatic carbocycles. The van der Waals surface area contributed by atoms with Crippen LogP contribution in [0.25, 0.3) is 0 Å². The summed E-state index contributed by atoms with van der Waals surface area (Å²) in [5, 5.41) is 14.1. The lowest BCUT2D eigenvalue weighted by molar-refractivity contribution is -0.137. The second-order valence-corrected chi connectivity index (χ2v) is 5.75. The number of aliphatic imine (C=N–C) groups is 1. The first-order chi connectivity index (χ1) is 12.9. The molecule has 0 unspecified atom stereocenters. The summed E-state index contributed by atoms with van der Waals surface area (Å²) in [4.78, 5) is 4.35. The van der Waals surface area contributed by atoms with E-state index in [1.54, 1.807) is 18.5 Å². The molecule has 0 aliphatic rings. The van der Waals surface area contributed by atoms with Crippen LogP contribution in [0.1, 0.15) is 23.9 Å². The molecular weight excluding hydrogens is 484 g/mol. The van der Waals surface area contributed by atoms with Gasteiger partial charge in [0.1, 0.15) is 12.2 Å². The zero-order valence-electron chi connectivity index (χ0n) is 15.5. The summed E-state index contributed by atoms with van der Waals surface area (Å²) < 4.78 is 40.4. The van der Waals surface area contributed by atoms with Crippen LogP contribution in [0.3, 0.4) is 0 Å². The van der Waals surface area contributed by atoms with Crippen LogP contribution in [-0.4, -0.2) is 33.8 Å². The molecular formula is C18H24F3IN6. The van der Waals surface area contributed by atoms with Gasteiger partial charge in [-0.05, 0) is 17.7 Å². The van der Waals surface area contributed by atoms with Gasteiger partial charge in [0.25, 0.3) is 0 Å². The number of aromatic nitrogens is 3. The molecule has 0 aliphatic heterocycles. The Balaban J connectivity index is 0.00000392. The topological polar surface area (TPSA) is 67.1 Å². The number of hydrogen-bond acceptors (Lipinski definition) is 3. The first-order valence-electron chi connectivity index (χ1n) is 8.60. The van der Waals surface area contributed by atoms with E-state index in [9.17, 15) is 13.2 Å². The van der Waals surface area contributed by atoms with Crippen molar-refractivity contribution in [3.8, 4) is 0 Å². The molecule has 0 fully saturated rings. The van der Waals surface area contributed by atoms with Crippen molar-refractivity contribution < 1.29 is 13.2 Å². The quantitative estimate of drug-likeness (QED) is 0.248. The van der Waals surface area contributed by atoms with Crippen molar-refractivity contribution in [2.24, 2.45) is 4.99 Å². The van der Waals surface area contributed by atoms with Crippen molar-refractivity contribution in [3.05, 3.63) is 60.2 Å². The smallest absolute Gasteiger partial charge is 0.355 e. The van der Waals surface area contributed by atoms with E-state index in [4.69, 9.17) is 0 Å². The molecule has 28 heavy (non-hydrogen) atoms. The molecule has 2 N–H and O–H groups in total. The zero-order valence-corrected chi connectivity index (χ0v) is 17.9. The maximum atomic E-state index is 12.8. The third-order valence-electron chi connectivity index (χ3n) is 3.75. The van der Waals surface area contributed by atoms with Crippen molar-refractivity contribution in [3.63, 3.8) is 0 Å². The highest BCUT2D eigenvalue weighted by Crippen LogP contribution is 2.29. The second-order valence-electron chi connectivity index (χ2n) is 5.75. The molecule has 0 aliphatic carbocycles. The first-order valence-corrected chi connectivity index (χ1v) is 8.60. The molecule has 0 amide bonds. The van der Waals surface area contributed by atoms with E-state index < -0.39 is 11.7 Å². The summed E-state index contributed by atoms with van der Waals surface area (Å²) >= 11 is 0. The van der Waals surface area contributed by atoms with Crippen LogP contribution in [0.2, 0.25) is 0 Å². The molecule has 0 saturated carbocycles. The molecule has 0 atom stereocenters. The van der Waals surface area contributed by atoms with E-state index in [0.717, 1.165) is 24.4 Å². The monoisotopic (exact) mass is 508 g/mol. The SMILES string of the molecule is C=CCNC(=NCc1cccc(C(F)(F)F)c1)NCCn1cnnc1CC.I. The minimum absolute atomic E-state index is 0. The fourth-order valence-corrected chi connectivity index (χ4v) is 2.39. The lowest BCUT2D eigenvalue weighted by Crippen LogP contribution is -2.39. The van der Waals surface area contributed by atoms with E-state index in [-0.39, 0.29) is 30.5 Å². The number of halogens is 4. The summed E-state index contributed by atoms with van der Waals surface area (Å²) in [6.07, 6.45) is -0.240. The van der Waals surface area contributed by atoms with Gasteiger partial charge in [0.2, 0.25) is 0 Å². The number of nitrogens with zero attached hydrogens (tertiary/aromatic N) is 4. The predicted molar refractivity (Wildman–Crippen MR) is 114 cm³/mol. The lowest BCUT2D eigenvalue weighted by Gasteiger charge is -2.13. The van der Waals surface area contributed by atoms with E-state index in [1.807, 2.05) is 11.5 Å². The predicted octanol–water partition coefficient (Wildman–Crippen LogP) is 3.40. The Kier molecular flexibility index (Phi) is 9.97. The van der Waals surface area contributed by atoms with Gasteiger partial charge in [-0.1, -0.05) is 25.1 Å². The summed E-state index contributed by atoms with van der Waals surface area (Å²) in [5.74, 6) is 1.39. The van der Waals surface area contributed by atoms with Crippen molar-refractivity contribution in [2.45, 2.75) is 32.6 Å². The highest BCUT2D eigenvalue weighted by molar-refractivity contribution is 14.0. The van der Waals surface area contributed by atoms with Crippen LogP contribution in [0.15, 0.2) is 48.2 Å². The van der Waals surface area contributed by atoms with Gasteiger partial charge in [-0.2, -0.15) is 13.2 Å². The van der Waals surface area contributed by atoms with Crippen molar-refractivity contribution in [2.75, 3.05) is 13.1 Å². The van der Waals surface area contributed by atoms with Crippen LogP contribution < -0.4 is 10.6 Å². The van der Waals surface area contributed by atoms with Gasteiger partial charge in [-0.25, -0.2) is 4.99 Å². The zero-order chi connectivity index (χ0) is 19.7. The number of rotatable bonds is 8. The summed E-state index contributed by atoms with van der Waals surface area (Å²) in [6.45, 7) is 7.47. The Morgan fingerprint density at radius 2 is 2.11 bits per heavy atom. The van der Waals surface area contributed by atoms with Gasteiger partial charge in [0, 0.05) is 26.1 Å². The van der Waals surface area contributed by atoms with Crippen molar-refractivity contribution in [1.29, 1.82) is 0 Å². The van der Waals surface area contributed by atoms with Crippen molar-refractivity contribution >= 4 is 29.9 Å². The average molecular weight is 508 g/mol. The summed E-state index contributed by atoms with van der Waals surface area (Å²) in [6, 6.07) is 5.16. The molecule has 0 saturated heterocycles. The number of aryl methyl sites for hydroxylation is 1. The molecule has 0 spiro atoms. The van der Waals surface area contributed by atoms with Crippen LogP contribution in [-0.2, 0) is 25.7 Å². The molecule has 2 rings (SSSR count). The summed E-state index contributed by atoms with van der Waals surface area (Å²) in [7, 11) is 0. The van der Waals surface area contributed by atoms with Gasteiger partial charge < -0.3 is 15.2 Å². The Labute approximate surface area is 179 Å². The van der Waals surface area contributed by atoms with Gasteiger partial charge in [-0.3, -0.25) is 0 Å². The molecule has 1 aromatic heterocycles. The second kappa shape index (κ2) is 11.7. The van der Waals surface area contributed by atoms with Gasteiger partial charge >= 0.3 is 6.18 Å². The minimum Gasteiger partial charge on any atom is -0.355 e. The van der Waals surface area contributed by atoms with Crippen LogP contribution in [0.4, 0.5) is 13.2 Å². The fourth-order valence-electron chi connectivity index (χ4n) is 2.39. The molecule has 1 heterocycles. The minimum atomic E-state index is -4.36. The number of guanidine groups is 1. The van der Waals surface area contributed by atoms with Gasteiger partial charge in [-0.15, -0.1) is 40.8 Å². The average Bonchev–Trinajstić information content (AvgIpc) is 3.10. The molecule has 154 valence electrons. The molecule has 10 heteroatoms. The molecule has 2 aromatic rings. The maximum Gasteiger partial charge on any atom is 0.416 e. The molecule has 6 nitrogen and oxygen atoms in total. The van der Waals surface area contributed by atoms with Crippen LogP contribution in [0.5, 0.6) is 0 Å². The number of hydrogen-bond donors (Lipinski definition) is 2.